The first-order valence-corrected chi connectivity index (χ1v) is 6.15. The molecule has 5 N–H and O–H groups in total. The molecule has 1 rings (SSSR count). The fourth-order valence-corrected chi connectivity index (χ4v) is 1.53. The van der Waals surface area contributed by atoms with Crippen molar-refractivity contribution in [1.82, 2.24) is 0 Å². The number of hydrogen-bond donors (Lipinski definition) is 5. The average Bonchev–Trinajstić information content (AvgIpc) is 2.53. The summed E-state index contributed by atoms with van der Waals surface area (Å²) >= 11 is 0. The highest BCUT2D eigenvalue weighted by Gasteiger charge is 2.23. The number of rotatable bonds is 8. The monoisotopic (exact) mass is 330 g/mol. The highest BCUT2D eigenvalue weighted by atomic mass is 16.6. The number of nitrogens with one attached hydrogen (secondary N) is 1. The number of nitrogens with zero attached hydrogens (tertiary/aromatic N) is 3. The normalized spacial score (nSPS) is 14.2. The molecule has 0 aromatic heterocycles. The summed E-state index contributed by atoms with van der Waals surface area (Å²) in [6.07, 6.45) is -3.30. The highest BCUT2D eigenvalue weighted by Crippen LogP contribution is 2.28. The summed E-state index contributed by atoms with van der Waals surface area (Å²) in [5.74, 6) is 0. The number of aliphatic hydroxyl groups excluding tert-OH is 4. The Morgan fingerprint density at radius 3 is 2.35 bits per heavy atom. The van der Waals surface area contributed by atoms with Crippen LogP contribution in [0.1, 0.15) is 0 Å². The van der Waals surface area contributed by atoms with Crippen molar-refractivity contribution in [3.63, 3.8) is 0 Å². The maximum absolute atomic E-state index is 10.9. The third-order valence-corrected chi connectivity index (χ3v) is 2.76. The Morgan fingerprint density at radius 1 is 1.22 bits per heavy atom. The molecule has 0 fully saturated rings. The van der Waals surface area contributed by atoms with Crippen molar-refractivity contribution in [2.75, 3.05) is 18.6 Å². The van der Waals surface area contributed by atoms with Gasteiger partial charge in [0.2, 0.25) is 0 Å². The van der Waals surface area contributed by atoms with Gasteiger partial charge in [0.05, 0.1) is 34.8 Å². The topological polar surface area (TPSA) is 192 Å². The highest BCUT2D eigenvalue weighted by molar-refractivity contribution is 5.90. The lowest BCUT2D eigenvalue weighted by Crippen LogP contribution is -2.38. The van der Waals surface area contributed by atoms with Crippen LogP contribution >= 0.6 is 0 Å². The van der Waals surface area contributed by atoms with E-state index in [0.717, 1.165) is 18.2 Å². The lowest BCUT2D eigenvalue weighted by Gasteiger charge is -2.16. The Kier molecular flexibility index (Phi) is 6.47. The molecule has 0 spiro atoms. The second kappa shape index (κ2) is 8.09. The number of hydrazone groups is 1. The van der Waals surface area contributed by atoms with E-state index in [1.807, 2.05) is 0 Å². The molecular formula is C11H14N4O8. The van der Waals surface area contributed by atoms with Crippen molar-refractivity contribution in [2.45, 2.75) is 12.2 Å². The van der Waals surface area contributed by atoms with Gasteiger partial charge in [0.1, 0.15) is 17.9 Å². The summed E-state index contributed by atoms with van der Waals surface area (Å²) in [4.78, 5) is 19.9. The lowest BCUT2D eigenvalue weighted by atomic mass is 10.1. The zero-order chi connectivity index (χ0) is 17.6. The van der Waals surface area contributed by atoms with E-state index in [1.54, 1.807) is 0 Å². The third kappa shape index (κ3) is 4.65. The number of anilines is 1. The molecule has 0 saturated heterocycles. The minimum Gasteiger partial charge on any atom is -0.394 e. The second-order valence-corrected chi connectivity index (χ2v) is 4.28. The van der Waals surface area contributed by atoms with Gasteiger partial charge in [-0.1, -0.05) is 0 Å². The van der Waals surface area contributed by atoms with Gasteiger partial charge in [-0.15, -0.1) is 0 Å². The van der Waals surface area contributed by atoms with Crippen molar-refractivity contribution < 1.29 is 30.3 Å². The molecule has 0 bridgehead atoms. The smallest absolute Gasteiger partial charge is 0.301 e. The van der Waals surface area contributed by atoms with E-state index in [9.17, 15) is 30.4 Å². The number of nitro benzene ring substituents is 2. The summed E-state index contributed by atoms with van der Waals surface area (Å²) in [7, 11) is 0. The van der Waals surface area contributed by atoms with Gasteiger partial charge in [-0.05, 0) is 6.07 Å². The molecule has 1 aromatic carbocycles. The van der Waals surface area contributed by atoms with E-state index < -0.39 is 46.6 Å². The van der Waals surface area contributed by atoms with Crippen LogP contribution in [0.5, 0.6) is 0 Å². The fourth-order valence-electron chi connectivity index (χ4n) is 1.53. The van der Waals surface area contributed by atoms with Crippen molar-refractivity contribution in [3.05, 3.63) is 38.4 Å². The van der Waals surface area contributed by atoms with Gasteiger partial charge >= 0.3 is 5.69 Å². The van der Waals surface area contributed by atoms with Crippen molar-refractivity contribution in [2.24, 2.45) is 5.10 Å². The van der Waals surface area contributed by atoms with Gasteiger partial charge in [-0.2, -0.15) is 5.10 Å². The van der Waals surface area contributed by atoms with E-state index in [0.29, 0.717) is 0 Å². The molecule has 12 nitrogen and oxygen atoms in total. The molecule has 1 aromatic rings. The fraction of sp³-hybridized carbons (Fsp3) is 0.364. The largest absolute Gasteiger partial charge is 0.394 e. The van der Waals surface area contributed by atoms with Gasteiger partial charge in [0.25, 0.3) is 5.69 Å². The maximum Gasteiger partial charge on any atom is 0.301 e. The Hall–Kier alpha value is -2.67. The van der Waals surface area contributed by atoms with Gasteiger partial charge < -0.3 is 20.4 Å². The summed E-state index contributed by atoms with van der Waals surface area (Å²) in [6.45, 7) is -1.59. The zero-order valence-electron chi connectivity index (χ0n) is 11.6. The van der Waals surface area contributed by atoms with Crippen molar-refractivity contribution in [1.29, 1.82) is 0 Å². The number of benzene rings is 1. The van der Waals surface area contributed by atoms with Crippen LogP contribution in [-0.4, -0.2) is 61.4 Å². The summed E-state index contributed by atoms with van der Waals surface area (Å²) in [6, 6.07) is 2.75. The Morgan fingerprint density at radius 2 is 1.87 bits per heavy atom. The Bertz CT molecular complexity index is 620. The molecule has 0 aliphatic heterocycles. The summed E-state index contributed by atoms with van der Waals surface area (Å²) in [5.41, 5.74) is 0.431. The van der Waals surface area contributed by atoms with Crippen LogP contribution in [0.3, 0.4) is 0 Å². The molecule has 0 amide bonds. The third-order valence-electron chi connectivity index (χ3n) is 2.76. The number of hydrogen-bond acceptors (Lipinski definition) is 10. The summed E-state index contributed by atoms with van der Waals surface area (Å²) < 4.78 is 0. The van der Waals surface area contributed by atoms with E-state index in [4.69, 9.17) is 10.2 Å². The van der Waals surface area contributed by atoms with Gasteiger partial charge in [-0.25, -0.2) is 0 Å². The van der Waals surface area contributed by atoms with Crippen LogP contribution in [-0.2, 0) is 0 Å². The van der Waals surface area contributed by atoms with Gasteiger partial charge in [0, 0.05) is 6.07 Å². The van der Waals surface area contributed by atoms with Crippen molar-refractivity contribution >= 4 is 22.8 Å². The molecule has 2 unspecified atom stereocenters. The van der Waals surface area contributed by atoms with Gasteiger partial charge in [0.15, 0.2) is 0 Å². The molecule has 2 atom stereocenters. The predicted molar refractivity (Wildman–Crippen MR) is 77.0 cm³/mol. The van der Waals surface area contributed by atoms with Crippen LogP contribution in [0.2, 0.25) is 0 Å². The standard InChI is InChI=1S/C11H14N4O8/c16-4-8(11(19)10(18)5-17)13-12-7-2-1-6(14(20)21)3-9(7)15(22)23/h1-3,10-12,16-19H,4-5H2. The molecule has 0 aliphatic rings. The SMILES string of the molecule is O=[N+]([O-])c1ccc(NN=C(CO)C(O)C(O)CO)c([N+](=O)[O-])c1. The molecule has 0 heterocycles. The van der Waals surface area contributed by atoms with E-state index >= 15 is 0 Å². The molecule has 23 heavy (non-hydrogen) atoms. The molecule has 12 heteroatoms. The lowest BCUT2D eigenvalue weighted by molar-refractivity contribution is -0.393. The quantitative estimate of drug-likeness (QED) is 0.225. The van der Waals surface area contributed by atoms with E-state index in [-0.39, 0.29) is 11.4 Å². The van der Waals surface area contributed by atoms with Crippen LogP contribution in [0, 0.1) is 20.2 Å². The molecule has 126 valence electrons. The minimum atomic E-state index is -1.70. The molecular weight excluding hydrogens is 316 g/mol. The number of aliphatic hydroxyl groups is 4. The van der Waals surface area contributed by atoms with Crippen LogP contribution in [0.25, 0.3) is 0 Å². The maximum atomic E-state index is 10.9. The van der Waals surface area contributed by atoms with Crippen molar-refractivity contribution in [3.8, 4) is 0 Å². The number of nitro groups is 2. The van der Waals surface area contributed by atoms with Gasteiger partial charge in [-0.3, -0.25) is 25.7 Å². The second-order valence-electron chi connectivity index (χ2n) is 4.28. The first kappa shape index (κ1) is 18.4. The molecule has 0 aliphatic carbocycles. The Balaban J connectivity index is 3.10. The first-order chi connectivity index (χ1) is 10.8. The summed E-state index contributed by atoms with van der Waals surface area (Å²) in [5, 5.41) is 61.7. The van der Waals surface area contributed by atoms with E-state index in [1.165, 1.54) is 0 Å². The molecule has 0 saturated carbocycles. The molecule has 0 radical (unpaired) electrons. The zero-order valence-corrected chi connectivity index (χ0v) is 11.6. The number of non-ortho nitro benzene ring substituents is 1. The van der Waals surface area contributed by atoms with Crippen LogP contribution < -0.4 is 5.43 Å². The van der Waals surface area contributed by atoms with Crippen LogP contribution in [0.4, 0.5) is 17.1 Å². The predicted octanol–water partition coefficient (Wildman–Crippen LogP) is -1.02. The van der Waals surface area contributed by atoms with Crippen LogP contribution in [0.15, 0.2) is 23.3 Å². The van der Waals surface area contributed by atoms with E-state index in [2.05, 4.69) is 10.5 Å². The minimum absolute atomic E-state index is 0.225. The average molecular weight is 330 g/mol. The Labute approximate surface area is 128 Å². The first-order valence-electron chi connectivity index (χ1n) is 6.15.